The molecule has 8 rings (SSSR count). The Balaban J connectivity index is 0.844. The van der Waals surface area contributed by atoms with E-state index in [1.54, 1.807) is 29.5 Å². The van der Waals surface area contributed by atoms with Crippen LogP contribution in [0.15, 0.2) is 71.7 Å². The summed E-state index contributed by atoms with van der Waals surface area (Å²) in [6.45, 7) is 9.01. The number of hydrogen-bond acceptors (Lipinski definition) is 11. The van der Waals surface area contributed by atoms with E-state index in [0.717, 1.165) is 56.5 Å². The van der Waals surface area contributed by atoms with Crippen molar-refractivity contribution in [1.82, 2.24) is 30.3 Å². The molecule has 2 aromatic heterocycles. The number of nitrogens with zero attached hydrogens (tertiary/aromatic N) is 5. The quantitative estimate of drug-likeness (QED) is 0.0856. The van der Waals surface area contributed by atoms with Crippen LogP contribution in [0.25, 0.3) is 5.00 Å². The van der Waals surface area contributed by atoms with Gasteiger partial charge in [0.05, 0.1) is 35.9 Å². The number of anilines is 1. The van der Waals surface area contributed by atoms with Crippen molar-refractivity contribution in [3.63, 3.8) is 0 Å². The Kier molecular flexibility index (Phi) is 11.4. The zero-order chi connectivity index (χ0) is 42.2. The summed E-state index contributed by atoms with van der Waals surface area (Å²) in [5, 5.41) is 19.1. The van der Waals surface area contributed by atoms with Crippen molar-refractivity contribution in [3.8, 4) is 10.8 Å². The number of aryl methyl sites for hydroxylation is 2. The average molecular weight is 847 g/mol. The Bertz CT molecular complexity index is 2570. The number of thiophene rings is 1. The zero-order valence-electron chi connectivity index (χ0n) is 33.5. The molecule has 3 atom stereocenters. The highest BCUT2D eigenvalue weighted by Gasteiger charge is 2.45. The number of fused-ring (bicyclic) bond motifs is 4. The standard InChI is InChI=1S/C44H43ClN8O6S/c1-23-25(3)60-44-37(23)39(28-10-14-29(45)15-11-28)48-33(40-51-50-26(4)52(40)44)22-36(55)47-24(2)27-12-16-30(17-13-27)59-21-6-5-20-46-32-9-7-8-31-38(32)43(58)53(42(31)57)34-18-19-35(54)49-41(34)56/h7-17,24,33-34,46H,5-6,18-22H2,1-4H3,(H,47,55)(H,49,54,56)/t24-,33+,34?/m1/s1. The van der Waals surface area contributed by atoms with Gasteiger partial charge >= 0.3 is 0 Å². The average Bonchev–Trinajstić information content (AvgIpc) is 3.80. The van der Waals surface area contributed by atoms with Crippen molar-refractivity contribution in [2.75, 3.05) is 18.5 Å². The number of aromatic nitrogens is 3. The molecule has 0 bridgehead atoms. The summed E-state index contributed by atoms with van der Waals surface area (Å²) in [5.41, 5.74) is 5.73. The van der Waals surface area contributed by atoms with Crippen LogP contribution >= 0.6 is 22.9 Å². The molecule has 5 amide bonds. The molecule has 5 heterocycles. The van der Waals surface area contributed by atoms with Crippen LogP contribution in [-0.2, 0) is 14.4 Å². The normalized spacial score (nSPS) is 17.6. The molecule has 3 aromatic carbocycles. The van der Waals surface area contributed by atoms with Gasteiger partial charge in [-0.2, -0.15) is 0 Å². The number of nitrogens with one attached hydrogen (secondary N) is 3. The first-order valence-electron chi connectivity index (χ1n) is 19.9. The number of rotatable bonds is 13. The molecule has 60 heavy (non-hydrogen) atoms. The molecule has 308 valence electrons. The van der Waals surface area contributed by atoms with E-state index in [1.165, 1.54) is 4.88 Å². The highest BCUT2D eigenvalue weighted by Crippen LogP contribution is 2.40. The minimum Gasteiger partial charge on any atom is -0.494 e. The predicted octanol–water partition coefficient (Wildman–Crippen LogP) is 6.74. The summed E-state index contributed by atoms with van der Waals surface area (Å²) in [4.78, 5) is 71.6. The van der Waals surface area contributed by atoms with Crippen LogP contribution in [0.5, 0.6) is 5.75 Å². The molecular formula is C44H43ClN8O6S. The van der Waals surface area contributed by atoms with Crippen molar-refractivity contribution < 1.29 is 28.7 Å². The van der Waals surface area contributed by atoms with Gasteiger partial charge in [0, 0.05) is 39.7 Å². The number of amides is 5. The van der Waals surface area contributed by atoms with Crippen molar-refractivity contribution in [3.05, 3.63) is 122 Å². The molecule has 0 radical (unpaired) electrons. The molecule has 0 spiro atoms. The van der Waals surface area contributed by atoms with Crippen LogP contribution in [0.3, 0.4) is 0 Å². The number of halogens is 1. The summed E-state index contributed by atoms with van der Waals surface area (Å²) in [7, 11) is 0. The Labute approximate surface area is 355 Å². The minimum absolute atomic E-state index is 0.0626. The molecule has 1 unspecified atom stereocenters. The number of carbonyl (C=O) groups excluding carboxylic acids is 5. The summed E-state index contributed by atoms with van der Waals surface area (Å²) < 4.78 is 8.03. The van der Waals surface area contributed by atoms with Gasteiger partial charge in [-0.15, -0.1) is 21.5 Å². The molecule has 5 aromatic rings. The Hall–Kier alpha value is -6.19. The molecule has 3 aliphatic rings. The largest absolute Gasteiger partial charge is 0.494 e. The molecule has 16 heteroatoms. The number of imide groups is 2. The van der Waals surface area contributed by atoms with Gasteiger partial charge in [-0.1, -0.05) is 41.9 Å². The summed E-state index contributed by atoms with van der Waals surface area (Å²) in [6, 6.07) is 18.3. The van der Waals surface area contributed by atoms with Gasteiger partial charge in [-0.25, -0.2) is 0 Å². The Morgan fingerprint density at radius 1 is 0.967 bits per heavy atom. The maximum Gasteiger partial charge on any atom is 0.264 e. The van der Waals surface area contributed by atoms with Gasteiger partial charge < -0.3 is 15.4 Å². The highest BCUT2D eigenvalue weighted by molar-refractivity contribution is 7.15. The first-order valence-corrected chi connectivity index (χ1v) is 21.1. The van der Waals surface area contributed by atoms with Gasteiger partial charge in [-0.3, -0.25) is 43.7 Å². The SMILES string of the molecule is Cc1sc2c(c1C)C(c1ccc(Cl)cc1)=N[C@@H](CC(=O)N[C@H](C)c1ccc(OCCCCNc3cccc4c3C(=O)N(C3CCC(=O)NC3=O)C4=O)cc1)c1nnc(C)n1-2. The lowest BCUT2D eigenvalue weighted by Gasteiger charge is -2.27. The van der Waals surface area contributed by atoms with E-state index in [1.807, 2.05) is 66.9 Å². The van der Waals surface area contributed by atoms with Crippen LogP contribution in [0.2, 0.25) is 5.02 Å². The fraction of sp³-hybridized carbons (Fsp3) is 0.318. The lowest BCUT2D eigenvalue weighted by Crippen LogP contribution is -2.54. The van der Waals surface area contributed by atoms with E-state index in [-0.39, 0.29) is 42.3 Å². The first kappa shape index (κ1) is 40.6. The minimum atomic E-state index is -1.02. The number of unbranched alkanes of at least 4 members (excludes halogenated alkanes) is 1. The van der Waals surface area contributed by atoms with Crippen molar-refractivity contribution in [2.24, 2.45) is 4.99 Å². The molecule has 0 saturated carbocycles. The van der Waals surface area contributed by atoms with Crippen molar-refractivity contribution in [2.45, 2.75) is 77.9 Å². The van der Waals surface area contributed by atoms with Gasteiger partial charge in [0.25, 0.3) is 11.8 Å². The monoisotopic (exact) mass is 846 g/mol. The molecule has 3 aliphatic heterocycles. The maximum atomic E-state index is 13.7. The molecule has 14 nitrogen and oxygen atoms in total. The maximum absolute atomic E-state index is 13.7. The number of piperidine rings is 1. The Morgan fingerprint density at radius 2 is 1.73 bits per heavy atom. The fourth-order valence-corrected chi connectivity index (χ4v) is 9.19. The number of hydrogen-bond donors (Lipinski definition) is 3. The van der Waals surface area contributed by atoms with Gasteiger partial charge in [0.2, 0.25) is 17.7 Å². The van der Waals surface area contributed by atoms with Gasteiger partial charge in [-0.05, 0) is 94.5 Å². The molecular weight excluding hydrogens is 804 g/mol. The van der Waals surface area contributed by atoms with Crippen LogP contribution in [0.4, 0.5) is 5.69 Å². The number of carbonyl (C=O) groups is 5. The Morgan fingerprint density at radius 3 is 2.48 bits per heavy atom. The van der Waals surface area contributed by atoms with Crippen molar-refractivity contribution >= 4 is 63.9 Å². The third kappa shape index (κ3) is 7.82. The third-order valence-electron chi connectivity index (χ3n) is 11.1. The zero-order valence-corrected chi connectivity index (χ0v) is 35.1. The lowest BCUT2D eigenvalue weighted by molar-refractivity contribution is -0.136. The van der Waals surface area contributed by atoms with E-state index in [0.29, 0.717) is 35.4 Å². The van der Waals surface area contributed by atoms with Crippen molar-refractivity contribution in [1.29, 1.82) is 0 Å². The van der Waals surface area contributed by atoms with E-state index >= 15 is 0 Å². The molecule has 0 aliphatic carbocycles. The van der Waals surface area contributed by atoms with E-state index < -0.39 is 35.7 Å². The first-order chi connectivity index (χ1) is 28.9. The van der Waals surface area contributed by atoms with Gasteiger partial charge in [0.1, 0.15) is 28.7 Å². The van der Waals surface area contributed by atoms with Crippen LogP contribution < -0.4 is 20.7 Å². The summed E-state index contributed by atoms with van der Waals surface area (Å²) >= 11 is 7.91. The molecule has 3 N–H and O–H groups in total. The topological polar surface area (TPSA) is 177 Å². The molecule has 1 saturated heterocycles. The van der Waals surface area contributed by atoms with Crippen LogP contribution in [-0.4, -0.2) is 74.1 Å². The number of benzene rings is 3. The van der Waals surface area contributed by atoms with Crippen LogP contribution in [0, 0.1) is 20.8 Å². The third-order valence-corrected chi connectivity index (χ3v) is 12.6. The second kappa shape index (κ2) is 16.8. The lowest BCUT2D eigenvalue weighted by atomic mass is 9.99. The second-order valence-corrected chi connectivity index (χ2v) is 16.8. The highest BCUT2D eigenvalue weighted by atomic mass is 35.5. The van der Waals surface area contributed by atoms with Crippen LogP contribution in [0.1, 0.15) is 111 Å². The number of aliphatic imine (C=N–C) groups is 1. The smallest absolute Gasteiger partial charge is 0.264 e. The summed E-state index contributed by atoms with van der Waals surface area (Å²) in [5.74, 6) is -0.277. The predicted molar refractivity (Wildman–Crippen MR) is 227 cm³/mol. The number of ether oxygens (including phenoxy) is 1. The molecule has 1 fully saturated rings. The van der Waals surface area contributed by atoms with E-state index in [9.17, 15) is 24.0 Å². The fourth-order valence-electron chi connectivity index (χ4n) is 7.85. The second-order valence-electron chi connectivity index (χ2n) is 15.1. The van der Waals surface area contributed by atoms with E-state index in [4.69, 9.17) is 21.3 Å². The van der Waals surface area contributed by atoms with E-state index in [2.05, 4.69) is 40.0 Å². The summed E-state index contributed by atoms with van der Waals surface area (Å²) in [6.07, 6.45) is 1.68. The van der Waals surface area contributed by atoms with Gasteiger partial charge in [0.15, 0.2) is 5.82 Å².